The molecule has 0 atom stereocenters. The van der Waals surface area contributed by atoms with Crippen LogP contribution in [0.2, 0.25) is 0 Å². The molecule has 9 heteroatoms. The van der Waals surface area contributed by atoms with E-state index in [-0.39, 0.29) is 54.5 Å². The highest BCUT2D eigenvalue weighted by Gasteiger charge is 2.49. The minimum absolute atomic E-state index is 0.0146. The summed E-state index contributed by atoms with van der Waals surface area (Å²) in [6.07, 6.45) is 7.43. The molecule has 0 saturated heterocycles. The molecule has 15 aromatic rings. The van der Waals surface area contributed by atoms with Gasteiger partial charge in [-0.15, -0.1) is 0 Å². The molecule has 0 amide bonds. The van der Waals surface area contributed by atoms with E-state index in [2.05, 4.69) is 427 Å². The summed E-state index contributed by atoms with van der Waals surface area (Å²) in [6.45, 7) is 6.74. The van der Waals surface area contributed by atoms with Crippen LogP contribution in [0.3, 0.4) is 0 Å². The average molecular weight is 1600 g/mol. The third-order valence-corrected chi connectivity index (χ3v) is 32.0. The summed E-state index contributed by atoms with van der Waals surface area (Å²) in [6, 6.07) is 148. The predicted molar refractivity (Wildman–Crippen MR) is 482 cm³/mol. The molecule has 0 heterocycles. The van der Waals surface area contributed by atoms with Crippen LogP contribution in [-0.2, 0) is 59.2 Å². The average Bonchev–Trinajstić information content (AvgIpc) is 0.756. The van der Waals surface area contributed by atoms with Gasteiger partial charge < -0.3 is 18.9 Å². The molecule has 4 fully saturated rings. The van der Waals surface area contributed by atoms with Gasteiger partial charge in [-0.05, 0) is 282 Å². The molecule has 0 N–H and O–H groups in total. The number of hydrogen-bond donors (Lipinski definition) is 0. The van der Waals surface area contributed by atoms with Gasteiger partial charge in [0.2, 0.25) is 0 Å². The first-order valence-corrected chi connectivity index (χ1v) is 45.8. The second-order valence-electron chi connectivity index (χ2n) is 28.8. The Hall–Kier alpha value is -10.6. The van der Waals surface area contributed by atoms with Crippen molar-refractivity contribution in [2.75, 3.05) is 21.0 Å². The van der Waals surface area contributed by atoms with Crippen LogP contribution in [0.15, 0.2) is 492 Å². The Morgan fingerprint density at radius 2 is 0.452 bits per heavy atom. The van der Waals surface area contributed by atoms with Crippen molar-refractivity contribution in [3.05, 3.63) is 435 Å². The van der Waals surface area contributed by atoms with Gasteiger partial charge in [0, 0.05) is 12.1 Å². The zero-order valence-electron chi connectivity index (χ0n) is 66.1. The minimum atomic E-state index is -0.122. The molecule has 0 radical (unpaired) electrons. The summed E-state index contributed by atoms with van der Waals surface area (Å²) < 4.78 is 23.1. The van der Waals surface area contributed by atoms with Crippen LogP contribution in [0, 0.1) is 44.4 Å². The van der Waals surface area contributed by atoms with E-state index in [0.717, 1.165) is 40.9 Å². The maximum absolute atomic E-state index is 6.32. The lowest BCUT2D eigenvalue weighted by molar-refractivity contribution is -0.155. The van der Waals surface area contributed by atoms with Crippen molar-refractivity contribution in [3.63, 3.8) is 0 Å². The fourth-order valence-corrected chi connectivity index (χ4v) is 26.5. The van der Waals surface area contributed by atoms with Gasteiger partial charge >= 0.3 is 0 Å². The smallest absolute Gasteiger partial charge is 0.189 e. The van der Waals surface area contributed by atoms with Gasteiger partial charge in [0.15, 0.2) is 80.2 Å². The number of benzene rings is 15. The van der Waals surface area contributed by atoms with E-state index in [0.29, 0.717) is 12.9 Å². The Bertz CT molecular complexity index is 5020. The van der Waals surface area contributed by atoms with E-state index < -0.39 is 0 Å². The quantitative estimate of drug-likeness (QED) is 0.0531. The molecule has 4 saturated carbocycles. The Morgan fingerprint density at radius 1 is 0.235 bits per heavy atom. The zero-order chi connectivity index (χ0) is 78.8. The van der Waals surface area contributed by atoms with Crippen LogP contribution in [0.5, 0.6) is 17.2 Å². The molecule has 15 aromatic carbocycles. The summed E-state index contributed by atoms with van der Waals surface area (Å²) in [5.74, 6) is 6.28. The molecular formula is C106H101O4S5+5. The molecule has 574 valence electrons. The normalized spacial score (nSPS) is 15.5. The molecular weight excluding hydrogens is 1500 g/mol. The standard InChI is InChI=1S/C29H31O2S.C21H21OS.C19H17OS.C19H17S.C18H15S/c1-3-7-26(8-4-1)32(27-9-5-2-6-10-27)28-13-11-25(12-14-28)30-20-31-29-23-16-21-15-22(18-23)19-24(29)17-21;1-16-14-20(15-17(2)21(16)22-3)23(18-10-6-4-7-11-18)19-12-8-5-9-13-19;1-20-16-12-14-19(15-13-16)21(17-8-4-2-5-9-17)18-10-6-3-7-11-18;1-16-12-14-19(15-13-16)20(17-8-4-2-5-9-17)18-10-6-3-7-11-18;1-4-10-16(11-5-1)19(17-12-6-2-7-13-17)18-14-8-3-9-15-18/h1-14,21-24,29H,15-20H2;4-15H,1-3H3;2-15H,1H3;2-15H,1H3;1-15H/q5*+1. The van der Waals surface area contributed by atoms with Gasteiger partial charge in [-0.3, -0.25) is 0 Å². The fraction of sp³-hybridized carbons (Fsp3) is 0.151. The molecule has 4 aliphatic carbocycles. The molecule has 4 nitrogen and oxygen atoms in total. The van der Waals surface area contributed by atoms with E-state index in [1.807, 2.05) is 12.1 Å². The minimum Gasteiger partial charge on any atom is -0.497 e. The highest BCUT2D eigenvalue weighted by Crippen LogP contribution is 2.55. The number of hydrogen-bond acceptors (Lipinski definition) is 4. The first kappa shape index (κ1) is 81.0. The number of aryl methyl sites for hydroxylation is 3. The van der Waals surface area contributed by atoms with Crippen molar-refractivity contribution in [3.8, 4) is 17.2 Å². The summed E-state index contributed by atoms with van der Waals surface area (Å²) in [7, 11) is 3.10. The van der Waals surface area contributed by atoms with Crippen LogP contribution in [0.25, 0.3) is 0 Å². The summed E-state index contributed by atoms with van der Waals surface area (Å²) in [4.78, 5) is 20.1. The summed E-state index contributed by atoms with van der Waals surface area (Å²) in [5.41, 5.74) is 3.68. The zero-order valence-corrected chi connectivity index (χ0v) is 70.2. The number of methoxy groups -OCH3 is 2. The third kappa shape index (κ3) is 21.7. The van der Waals surface area contributed by atoms with Crippen molar-refractivity contribution in [2.45, 2.75) is 132 Å². The highest BCUT2D eigenvalue weighted by molar-refractivity contribution is 7.98. The Labute approximate surface area is 697 Å². The van der Waals surface area contributed by atoms with Gasteiger partial charge in [0.05, 0.1) is 74.8 Å². The molecule has 19 rings (SSSR count). The molecule has 0 aliphatic heterocycles. The summed E-state index contributed by atoms with van der Waals surface area (Å²) in [5, 5.41) is 0. The largest absolute Gasteiger partial charge is 0.497 e. The molecule has 0 unspecified atom stereocenters. The molecule has 0 aromatic heterocycles. The lowest BCUT2D eigenvalue weighted by Gasteiger charge is -2.53. The second-order valence-corrected chi connectivity index (χ2v) is 39.0. The van der Waals surface area contributed by atoms with Crippen LogP contribution in [-0.4, -0.2) is 27.1 Å². The molecule has 0 spiro atoms. The van der Waals surface area contributed by atoms with Gasteiger partial charge in [-0.25, -0.2) is 0 Å². The first-order chi connectivity index (χ1) is 56.7. The van der Waals surface area contributed by atoms with Crippen molar-refractivity contribution in [1.82, 2.24) is 0 Å². The third-order valence-electron chi connectivity index (χ3n) is 20.9. The Kier molecular flexibility index (Phi) is 29.3. The van der Waals surface area contributed by atoms with Crippen LogP contribution in [0.4, 0.5) is 0 Å². The van der Waals surface area contributed by atoms with E-state index in [1.165, 1.54) is 122 Å². The van der Waals surface area contributed by atoms with E-state index in [1.54, 1.807) is 14.2 Å². The SMILES string of the molecule is COc1c(C)cc([S+](c2ccccc2)c2ccccc2)cc1C.COc1ccc([S+](c2ccccc2)c2ccccc2)cc1.Cc1ccc([S+](c2ccccc2)c2ccccc2)cc1.c1ccc([S+](c2ccccc2)c2ccc(OCOC3C4CC5CC(C4)CC3C5)cc2)cc1.c1ccc([S+](c2ccccc2)c2ccccc2)cc1. The second kappa shape index (κ2) is 41.6. The van der Waals surface area contributed by atoms with Crippen molar-refractivity contribution < 1.29 is 18.9 Å². The first-order valence-electron chi connectivity index (χ1n) is 39.7. The van der Waals surface area contributed by atoms with Gasteiger partial charge in [0.1, 0.15) is 17.2 Å². The molecule has 4 bridgehead atoms. The molecule has 115 heavy (non-hydrogen) atoms. The number of ether oxygens (including phenoxy) is 4. The fourth-order valence-electron chi connectivity index (χ4n) is 15.9. The summed E-state index contributed by atoms with van der Waals surface area (Å²) >= 11 is 0. The monoisotopic (exact) mass is 1600 g/mol. The molecule has 4 aliphatic rings. The maximum atomic E-state index is 6.32. The van der Waals surface area contributed by atoms with E-state index >= 15 is 0 Å². The maximum Gasteiger partial charge on any atom is 0.189 e. The van der Waals surface area contributed by atoms with E-state index in [9.17, 15) is 0 Å². The van der Waals surface area contributed by atoms with E-state index in [4.69, 9.17) is 18.9 Å². The van der Waals surface area contributed by atoms with Crippen molar-refractivity contribution in [2.24, 2.45) is 23.7 Å². The van der Waals surface area contributed by atoms with Crippen molar-refractivity contribution >= 4 is 54.5 Å². The highest BCUT2D eigenvalue weighted by atomic mass is 32.2. The topological polar surface area (TPSA) is 36.9 Å². The van der Waals surface area contributed by atoms with Gasteiger partial charge in [-0.2, -0.15) is 0 Å². The Morgan fingerprint density at radius 3 is 0.687 bits per heavy atom. The lowest BCUT2D eigenvalue weighted by atomic mass is 9.55. The van der Waals surface area contributed by atoms with Crippen LogP contribution >= 0.6 is 0 Å². The Balaban J connectivity index is 0.000000121. The van der Waals surface area contributed by atoms with Crippen LogP contribution < -0.4 is 14.2 Å². The lowest BCUT2D eigenvalue weighted by Crippen LogP contribution is -2.49. The predicted octanol–water partition coefficient (Wildman–Crippen LogP) is 27.0. The van der Waals surface area contributed by atoms with Crippen molar-refractivity contribution in [1.29, 1.82) is 0 Å². The van der Waals surface area contributed by atoms with Gasteiger partial charge in [0.25, 0.3) is 0 Å². The van der Waals surface area contributed by atoms with Gasteiger partial charge in [-0.1, -0.05) is 218 Å². The number of rotatable bonds is 21. The van der Waals surface area contributed by atoms with Crippen LogP contribution in [0.1, 0.15) is 48.8 Å².